The van der Waals surface area contributed by atoms with Crippen molar-refractivity contribution in [1.29, 1.82) is 0 Å². The van der Waals surface area contributed by atoms with Crippen LogP contribution < -0.4 is 10.1 Å². The number of ether oxygens (including phenoxy) is 1. The maximum absolute atomic E-state index is 5.30. The van der Waals surface area contributed by atoms with Crippen molar-refractivity contribution in [3.63, 3.8) is 0 Å². The van der Waals surface area contributed by atoms with Crippen molar-refractivity contribution in [1.82, 2.24) is 15.5 Å². The Balaban J connectivity index is 1.73. The van der Waals surface area contributed by atoms with Crippen molar-refractivity contribution in [2.24, 2.45) is 0 Å². The lowest BCUT2D eigenvalue weighted by Gasteiger charge is -2.14. The molecule has 0 saturated heterocycles. The minimum absolute atomic E-state index is 0.421. The summed E-state index contributed by atoms with van der Waals surface area (Å²) in [5.41, 5.74) is 3.99. The molecular weight excluding hydrogens is 226 g/mol. The number of fused-ring (bicyclic) bond motifs is 1. The van der Waals surface area contributed by atoms with Crippen LogP contribution in [-0.4, -0.2) is 17.3 Å². The Labute approximate surface area is 106 Å². The zero-order valence-corrected chi connectivity index (χ0v) is 10.4. The average molecular weight is 243 g/mol. The summed E-state index contributed by atoms with van der Waals surface area (Å²) in [4.78, 5) is 0. The number of H-pyrrole nitrogens is 1. The van der Waals surface area contributed by atoms with Gasteiger partial charge in [0.25, 0.3) is 0 Å². The summed E-state index contributed by atoms with van der Waals surface area (Å²) in [5.74, 6) is 0.936. The highest BCUT2D eigenvalue weighted by molar-refractivity contribution is 5.40. The van der Waals surface area contributed by atoms with Crippen LogP contribution in [-0.2, 0) is 13.0 Å². The van der Waals surface area contributed by atoms with Gasteiger partial charge in [-0.15, -0.1) is 0 Å². The number of benzene rings is 1. The first-order chi connectivity index (χ1) is 8.86. The lowest BCUT2D eigenvalue weighted by atomic mass is 10.1. The third-order valence-electron chi connectivity index (χ3n) is 3.54. The van der Waals surface area contributed by atoms with Crippen LogP contribution >= 0.6 is 0 Å². The third kappa shape index (κ3) is 2.11. The summed E-state index contributed by atoms with van der Waals surface area (Å²) in [6, 6.07) is 6.78. The van der Waals surface area contributed by atoms with Crippen molar-refractivity contribution in [2.75, 3.05) is 7.11 Å². The summed E-state index contributed by atoms with van der Waals surface area (Å²) < 4.78 is 5.30. The number of hydrogen-bond acceptors (Lipinski definition) is 3. The number of nitrogens with one attached hydrogen (secondary N) is 2. The molecule has 2 N–H and O–H groups in total. The van der Waals surface area contributed by atoms with Gasteiger partial charge in [-0.3, -0.25) is 5.10 Å². The van der Waals surface area contributed by atoms with E-state index < -0.39 is 0 Å². The molecule has 0 radical (unpaired) electrons. The van der Waals surface area contributed by atoms with E-state index in [4.69, 9.17) is 4.74 Å². The highest BCUT2D eigenvalue weighted by Gasteiger charge is 2.22. The fourth-order valence-electron chi connectivity index (χ4n) is 2.53. The first-order valence-corrected chi connectivity index (χ1v) is 6.24. The average Bonchev–Trinajstić information content (AvgIpc) is 3.05. The van der Waals surface area contributed by atoms with Crippen LogP contribution in [0.4, 0.5) is 0 Å². The maximum atomic E-state index is 5.30. The molecule has 0 aliphatic heterocycles. The largest absolute Gasteiger partial charge is 0.497 e. The molecule has 1 atom stereocenters. The molecule has 4 nitrogen and oxygen atoms in total. The molecule has 3 rings (SSSR count). The zero-order chi connectivity index (χ0) is 12.4. The molecule has 1 aliphatic carbocycles. The van der Waals surface area contributed by atoms with E-state index in [1.54, 1.807) is 7.11 Å². The Bertz CT molecular complexity index is 522. The SMILES string of the molecule is COc1ccc2c(c1)C(NCc1cn[nH]c1)CC2. The van der Waals surface area contributed by atoms with Crippen molar-refractivity contribution < 1.29 is 4.74 Å². The van der Waals surface area contributed by atoms with Gasteiger partial charge in [0.05, 0.1) is 13.3 Å². The predicted molar refractivity (Wildman–Crippen MR) is 69.5 cm³/mol. The van der Waals surface area contributed by atoms with Gasteiger partial charge in [0.2, 0.25) is 0 Å². The van der Waals surface area contributed by atoms with E-state index in [9.17, 15) is 0 Å². The number of aryl methyl sites for hydroxylation is 1. The Morgan fingerprint density at radius 3 is 3.22 bits per heavy atom. The molecule has 1 unspecified atom stereocenters. The first-order valence-electron chi connectivity index (χ1n) is 6.24. The first kappa shape index (κ1) is 11.3. The van der Waals surface area contributed by atoms with Gasteiger partial charge in [-0.25, -0.2) is 0 Å². The Hall–Kier alpha value is -1.81. The summed E-state index contributed by atoms with van der Waals surface area (Å²) >= 11 is 0. The number of hydrogen-bond donors (Lipinski definition) is 2. The van der Waals surface area contributed by atoms with Crippen LogP contribution in [0, 0.1) is 0 Å². The number of nitrogens with zero attached hydrogens (tertiary/aromatic N) is 1. The smallest absolute Gasteiger partial charge is 0.119 e. The monoisotopic (exact) mass is 243 g/mol. The van der Waals surface area contributed by atoms with Crippen molar-refractivity contribution in [3.8, 4) is 5.75 Å². The van der Waals surface area contributed by atoms with Crippen LogP contribution in [0.5, 0.6) is 5.75 Å². The van der Waals surface area contributed by atoms with Crippen LogP contribution in [0.2, 0.25) is 0 Å². The van der Waals surface area contributed by atoms with Crippen molar-refractivity contribution >= 4 is 0 Å². The Morgan fingerprint density at radius 2 is 2.44 bits per heavy atom. The molecule has 0 spiro atoms. The summed E-state index contributed by atoms with van der Waals surface area (Å²) in [5, 5.41) is 10.4. The van der Waals surface area contributed by atoms with Crippen LogP contribution in [0.1, 0.15) is 29.2 Å². The highest BCUT2D eigenvalue weighted by atomic mass is 16.5. The maximum Gasteiger partial charge on any atom is 0.119 e. The molecule has 1 aromatic carbocycles. The van der Waals surface area contributed by atoms with Crippen LogP contribution in [0.3, 0.4) is 0 Å². The van der Waals surface area contributed by atoms with Crippen molar-refractivity contribution in [2.45, 2.75) is 25.4 Å². The normalized spacial score (nSPS) is 17.7. The van der Waals surface area contributed by atoms with E-state index in [1.165, 1.54) is 16.7 Å². The van der Waals surface area contributed by atoms with Gasteiger partial charge in [0.15, 0.2) is 0 Å². The lowest BCUT2D eigenvalue weighted by Crippen LogP contribution is -2.18. The molecule has 1 aliphatic rings. The van der Waals surface area contributed by atoms with E-state index >= 15 is 0 Å². The molecule has 0 bridgehead atoms. The number of aromatic nitrogens is 2. The van der Waals surface area contributed by atoms with Gasteiger partial charge in [-0.05, 0) is 36.1 Å². The van der Waals surface area contributed by atoms with Gasteiger partial charge in [0.1, 0.15) is 5.75 Å². The van der Waals surface area contributed by atoms with Gasteiger partial charge >= 0.3 is 0 Å². The standard InChI is InChI=1S/C14H17N3O/c1-18-12-4-2-11-3-5-14(13(11)6-12)15-7-10-8-16-17-9-10/h2,4,6,8-9,14-15H,3,5,7H2,1H3,(H,16,17). The number of methoxy groups -OCH3 is 1. The highest BCUT2D eigenvalue weighted by Crippen LogP contribution is 2.33. The van der Waals surface area contributed by atoms with E-state index in [-0.39, 0.29) is 0 Å². The van der Waals surface area contributed by atoms with Crippen LogP contribution in [0.25, 0.3) is 0 Å². The molecule has 1 heterocycles. The molecule has 4 heteroatoms. The number of rotatable bonds is 4. The van der Waals surface area contributed by atoms with Crippen LogP contribution in [0.15, 0.2) is 30.6 Å². The molecule has 0 amide bonds. The van der Waals surface area contributed by atoms with E-state index in [0.717, 1.165) is 25.1 Å². The second-order valence-electron chi connectivity index (χ2n) is 4.64. The molecule has 0 fully saturated rings. The predicted octanol–water partition coefficient (Wildman–Crippen LogP) is 2.20. The molecule has 2 aromatic rings. The quantitative estimate of drug-likeness (QED) is 0.865. The summed E-state index contributed by atoms with van der Waals surface area (Å²) in [7, 11) is 1.71. The second-order valence-corrected chi connectivity index (χ2v) is 4.64. The molecule has 0 saturated carbocycles. The minimum Gasteiger partial charge on any atom is -0.497 e. The zero-order valence-electron chi connectivity index (χ0n) is 10.4. The van der Waals surface area contributed by atoms with Gasteiger partial charge in [-0.2, -0.15) is 5.10 Å². The molecule has 1 aromatic heterocycles. The van der Waals surface area contributed by atoms with Gasteiger partial charge in [0, 0.05) is 24.3 Å². The van der Waals surface area contributed by atoms with Gasteiger partial charge < -0.3 is 10.1 Å². The topological polar surface area (TPSA) is 49.9 Å². The second kappa shape index (κ2) is 4.82. The Morgan fingerprint density at radius 1 is 1.50 bits per heavy atom. The molecule has 18 heavy (non-hydrogen) atoms. The lowest BCUT2D eigenvalue weighted by molar-refractivity contribution is 0.413. The molecule has 94 valence electrons. The fraction of sp³-hybridized carbons (Fsp3) is 0.357. The fourth-order valence-corrected chi connectivity index (χ4v) is 2.53. The van der Waals surface area contributed by atoms with E-state index in [0.29, 0.717) is 6.04 Å². The van der Waals surface area contributed by atoms with E-state index in [1.807, 2.05) is 18.5 Å². The van der Waals surface area contributed by atoms with Gasteiger partial charge in [-0.1, -0.05) is 6.07 Å². The number of aromatic amines is 1. The summed E-state index contributed by atoms with van der Waals surface area (Å²) in [6.45, 7) is 0.845. The minimum atomic E-state index is 0.421. The summed E-state index contributed by atoms with van der Waals surface area (Å²) in [6.07, 6.45) is 6.08. The molecular formula is C14H17N3O. The van der Waals surface area contributed by atoms with Crippen molar-refractivity contribution in [3.05, 3.63) is 47.3 Å². The van der Waals surface area contributed by atoms with E-state index in [2.05, 4.69) is 27.6 Å². The Kier molecular flexibility index (Phi) is 3.02. The third-order valence-corrected chi connectivity index (χ3v) is 3.54.